The fourth-order valence-electron chi connectivity index (χ4n) is 3.28. The molecule has 0 N–H and O–H groups in total. The van der Waals surface area contributed by atoms with Crippen LogP contribution in [-0.4, -0.2) is 34.5 Å². The summed E-state index contributed by atoms with van der Waals surface area (Å²) < 4.78 is 11.4. The van der Waals surface area contributed by atoms with Gasteiger partial charge >= 0.3 is 11.7 Å². The smallest absolute Gasteiger partial charge is 0.420 e. The predicted molar refractivity (Wildman–Crippen MR) is 97.0 cm³/mol. The van der Waals surface area contributed by atoms with Gasteiger partial charge in [0.15, 0.2) is 12.2 Å². The highest BCUT2D eigenvalue weighted by Crippen LogP contribution is 2.18. The number of aromatic nitrogens is 1. The van der Waals surface area contributed by atoms with Gasteiger partial charge in [-0.25, -0.2) is 4.79 Å². The Balaban J connectivity index is 1.36. The maximum absolute atomic E-state index is 12.4. The molecule has 0 atom stereocenters. The zero-order valence-electron chi connectivity index (χ0n) is 14.6. The third-order valence-electron chi connectivity index (χ3n) is 4.70. The van der Waals surface area contributed by atoms with Gasteiger partial charge in [-0.15, -0.1) is 0 Å². The van der Waals surface area contributed by atoms with Gasteiger partial charge in [0.05, 0.1) is 5.52 Å². The van der Waals surface area contributed by atoms with E-state index in [1.807, 2.05) is 18.2 Å². The Kier molecular flexibility index (Phi) is 4.50. The summed E-state index contributed by atoms with van der Waals surface area (Å²) in [6.07, 6.45) is 0.784. The van der Waals surface area contributed by atoms with Gasteiger partial charge in [0, 0.05) is 13.1 Å². The van der Waals surface area contributed by atoms with Crippen LogP contribution in [0.1, 0.15) is 11.1 Å². The largest absolute Gasteiger partial charge is 0.454 e. The Bertz CT molecular complexity index is 1070. The van der Waals surface area contributed by atoms with Crippen LogP contribution in [0.2, 0.25) is 0 Å². The van der Waals surface area contributed by atoms with E-state index in [0.717, 1.165) is 12.0 Å². The first-order valence-electron chi connectivity index (χ1n) is 8.70. The molecule has 1 amide bonds. The Labute approximate surface area is 154 Å². The van der Waals surface area contributed by atoms with Crippen LogP contribution in [-0.2, 0) is 33.8 Å². The van der Waals surface area contributed by atoms with Crippen LogP contribution in [0.3, 0.4) is 0 Å². The molecule has 138 valence electrons. The van der Waals surface area contributed by atoms with Gasteiger partial charge in [-0.05, 0) is 29.7 Å². The number of carbonyl (C=O) groups is 2. The maximum Gasteiger partial charge on any atom is 0.420 e. The maximum atomic E-state index is 12.4. The summed E-state index contributed by atoms with van der Waals surface area (Å²) in [7, 11) is 0. The highest BCUT2D eigenvalue weighted by atomic mass is 16.5. The summed E-state index contributed by atoms with van der Waals surface area (Å²) in [6.45, 7) is 0.467. The SMILES string of the molecule is O=C(Cn1c(=O)oc2ccccc21)OCC(=O)N1CCc2ccccc2C1. The number of oxazole rings is 1. The van der Waals surface area contributed by atoms with Gasteiger partial charge < -0.3 is 14.1 Å². The molecule has 0 bridgehead atoms. The first-order valence-corrected chi connectivity index (χ1v) is 8.70. The quantitative estimate of drug-likeness (QED) is 0.657. The van der Waals surface area contributed by atoms with E-state index < -0.39 is 11.7 Å². The van der Waals surface area contributed by atoms with Crippen LogP contribution < -0.4 is 5.76 Å². The number of ether oxygens (including phenoxy) is 1. The number of hydrogen-bond donors (Lipinski definition) is 0. The van der Waals surface area contributed by atoms with Crippen molar-refractivity contribution in [1.29, 1.82) is 0 Å². The molecule has 0 spiro atoms. The van der Waals surface area contributed by atoms with E-state index >= 15 is 0 Å². The first kappa shape index (κ1) is 17.1. The molecule has 7 nitrogen and oxygen atoms in total. The molecule has 0 unspecified atom stereocenters. The number of hydrogen-bond acceptors (Lipinski definition) is 5. The van der Waals surface area contributed by atoms with Crippen LogP contribution in [0.4, 0.5) is 0 Å². The summed E-state index contributed by atoms with van der Waals surface area (Å²) in [5.74, 6) is -1.54. The van der Waals surface area contributed by atoms with Crippen LogP contribution in [0.5, 0.6) is 0 Å². The zero-order chi connectivity index (χ0) is 18.8. The van der Waals surface area contributed by atoms with Crippen molar-refractivity contribution in [3.63, 3.8) is 0 Å². The highest BCUT2D eigenvalue weighted by molar-refractivity contribution is 5.81. The van der Waals surface area contributed by atoms with Crippen molar-refractivity contribution in [3.8, 4) is 0 Å². The second kappa shape index (κ2) is 7.11. The average Bonchev–Trinajstić information content (AvgIpc) is 3.01. The third-order valence-corrected chi connectivity index (χ3v) is 4.70. The van der Waals surface area contributed by atoms with E-state index in [1.165, 1.54) is 10.1 Å². The standard InChI is InChI=1S/C20H18N2O5/c23-18(21-10-9-14-5-1-2-6-15(14)11-21)13-26-19(24)12-22-16-7-3-4-8-17(16)27-20(22)25/h1-8H,9-13H2. The minimum absolute atomic E-state index is 0.248. The number of nitrogens with zero attached hydrogens (tertiary/aromatic N) is 2. The van der Waals surface area contributed by atoms with Crippen LogP contribution in [0.25, 0.3) is 11.1 Å². The van der Waals surface area contributed by atoms with Crippen molar-refractivity contribution in [2.24, 2.45) is 0 Å². The Hall–Kier alpha value is -3.35. The van der Waals surface area contributed by atoms with Gasteiger partial charge in [-0.3, -0.25) is 14.2 Å². The molecule has 27 heavy (non-hydrogen) atoms. The van der Waals surface area contributed by atoms with Crippen LogP contribution >= 0.6 is 0 Å². The Morgan fingerprint density at radius 3 is 2.63 bits per heavy atom. The van der Waals surface area contributed by atoms with Gasteiger partial charge in [-0.1, -0.05) is 36.4 Å². The lowest BCUT2D eigenvalue weighted by atomic mass is 10.00. The summed E-state index contributed by atoms with van der Waals surface area (Å²) in [5, 5.41) is 0. The summed E-state index contributed by atoms with van der Waals surface area (Å²) in [6, 6.07) is 14.8. The second-order valence-electron chi connectivity index (χ2n) is 6.42. The molecule has 1 aliphatic rings. The Morgan fingerprint density at radius 2 is 1.78 bits per heavy atom. The number of para-hydroxylation sites is 2. The van der Waals surface area contributed by atoms with Gasteiger partial charge in [0.1, 0.15) is 6.54 Å². The second-order valence-corrected chi connectivity index (χ2v) is 6.42. The fourth-order valence-corrected chi connectivity index (χ4v) is 3.28. The molecule has 4 rings (SSSR count). The van der Waals surface area contributed by atoms with Crippen molar-refractivity contribution in [2.45, 2.75) is 19.5 Å². The molecule has 2 heterocycles. The van der Waals surface area contributed by atoms with E-state index in [4.69, 9.17) is 9.15 Å². The third kappa shape index (κ3) is 3.48. The molecule has 1 aromatic heterocycles. The van der Waals surface area contributed by atoms with Crippen molar-refractivity contribution >= 4 is 23.0 Å². The number of esters is 1. The number of rotatable bonds is 4. The van der Waals surface area contributed by atoms with Crippen molar-refractivity contribution in [1.82, 2.24) is 9.47 Å². The van der Waals surface area contributed by atoms with E-state index in [9.17, 15) is 14.4 Å². The number of benzene rings is 2. The van der Waals surface area contributed by atoms with Crippen molar-refractivity contribution in [3.05, 3.63) is 70.2 Å². The number of amides is 1. The molecule has 0 aliphatic carbocycles. The summed E-state index contributed by atoms with van der Waals surface area (Å²) >= 11 is 0. The molecule has 0 saturated carbocycles. The lowest BCUT2D eigenvalue weighted by Crippen LogP contribution is -2.38. The summed E-state index contributed by atoms with van der Waals surface area (Å²) in [4.78, 5) is 38.0. The van der Waals surface area contributed by atoms with Crippen molar-refractivity contribution in [2.75, 3.05) is 13.2 Å². The average molecular weight is 366 g/mol. The Morgan fingerprint density at radius 1 is 1.04 bits per heavy atom. The minimum Gasteiger partial charge on any atom is -0.454 e. The molecular weight excluding hydrogens is 348 g/mol. The van der Waals surface area contributed by atoms with Crippen LogP contribution in [0.15, 0.2) is 57.7 Å². The topological polar surface area (TPSA) is 81.7 Å². The predicted octanol–water partition coefficient (Wildman–Crippen LogP) is 1.72. The molecule has 3 aromatic rings. The monoisotopic (exact) mass is 366 g/mol. The normalized spacial score (nSPS) is 13.4. The molecule has 2 aromatic carbocycles. The molecular formula is C20H18N2O5. The first-order chi connectivity index (χ1) is 13.1. The summed E-state index contributed by atoms with van der Waals surface area (Å²) in [5.41, 5.74) is 3.27. The molecule has 1 aliphatic heterocycles. The lowest BCUT2D eigenvalue weighted by molar-refractivity contribution is -0.152. The van der Waals surface area contributed by atoms with Gasteiger partial charge in [0.25, 0.3) is 5.91 Å². The zero-order valence-corrected chi connectivity index (χ0v) is 14.6. The van der Waals surface area contributed by atoms with E-state index in [2.05, 4.69) is 6.07 Å². The lowest BCUT2D eigenvalue weighted by Gasteiger charge is -2.28. The minimum atomic E-state index is -0.658. The fraction of sp³-hybridized carbons (Fsp3) is 0.250. The van der Waals surface area contributed by atoms with Crippen molar-refractivity contribution < 1.29 is 18.7 Å². The molecule has 0 fully saturated rings. The van der Waals surface area contributed by atoms with E-state index in [-0.39, 0.29) is 19.1 Å². The van der Waals surface area contributed by atoms with Crippen LogP contribution in [0, 0.1) is 0 Å². The number of fused-ring (bicyclic) bond motifs is 2. The molecule has 0 radical (unpaired) electrons. The highest BCUT2D eigenvalue weighted by Gasteiger charge is 2.22. The molecule has 0 saturated heterocycles. The van der Waals surface area contributed by atoms with Gasteiger partial charge in [-0.2, -0.15) is 0 Å². The number of carbonyl (C=O) groups excluding carboxylic acids is 2. The van der Waals surface area contributed by atoms with E-state index in [0.29, 0.717) is 24.2 Å². The van der Waals surface area contributed by atoms with Gasteiger partial charge in [0.2, 0.25) is 0 Å². The molecule has 7 heteroatoms. The van der Waals surface area contributed by atoms with E-state index in [1.54, 1.807) is 29.2 Å².